The molecule has 0 bridgehead atoms. The minimum absolute atomic E-state index is 0.0460. The van der Waals surface area contributed by atoms with Crippen LogP contribution in [0.1, 0.15) is 32.6 Å². The van der Waals surface area contributed by atoms with Crippen LogP contribution in [0.2, 0.25) is 0 Å². The van der Waals surface area contributed by atoms with Crippen molar-refractivity contribution in [1.82, 2.24) is 5.32 Å². The maximum atomic E-state index is 11.3. The topological polar surface area (TPSA) is 55.1 Å². The van der Waals surface area contributed by atoms with Crippen molar-refractivity contribution in [2.45, 2.75) is 38.6 Å². The lowest BCUT2D eigenvalue weighted by Gasteiger charge is -2.10. The van der Waals surface area contributed by atoms with Crippen LogP contribution in [0.5, 0.6) is 0 Å². The van der Waals surface area contributed by atoms with Crippen LogP contribution in [0.15, 0.2) is 12.7 Å². The smallest absolute Gasteiger partial charge is 0.236 e. The molecule has 0 spiro atoms. The zero-order chi connectivity index (χ0) is 10.1. The van der Waals surface area contributed by atoms with E-state index in [9.17, 15) is 4.79 Å². The minimum Gasteiger partial charge on any atom is -0.354 e. The third-order valence-corrected chi connectivity index (χ3v) is 1.85. The lowest BCUT2D eigenvalue weighted by Crippen LogP contribution is -2.40. The normalized spacial score (nSPS) is 12.2. The molecule has 3 nitrogen and oxygen atoms in total. The van der Waals surface area contributed by atoms with Gasteiger partial charge in [0.1, 0.15) is 0 Å². The fourth-order valence-corrected chi connectivity index (χ4v) is 0.984. The van der Waals surface area contributed by atoms with Gasteiger partial charge in [-0.2, -0.15) is 0 Å². The Bertz CT molecular complexity index is 157. The van der Waals surface area contributed by atoms with Gasteiger partial charge in [0, 0.05) is 6.54 Å². The van der Waals surface area contributed by atoms with Crippen molar-refractivity contribution in [1.29, 1.82) is 0 Å². The molecule has 0 aliphatic carbocycles. The van der Waals surface area contributed by atoms with Crippen LogP contribution < -0.4 is 11.1 Å². The molecule has 3 N–H and O–H groups in total. The van der Waals surface area contributed by atoms with Crippen LogP contribution in [0.25, 0.3) is 0 Å². The van der Waals surface area contributed by atoms with E-state index in [0.717, 1.165) is 25.7 Å². The van der Waals surface area contributed by atoms with Crippen LogP contribution >= 0.6 is 0 Å². The van der Waals surface area contributed by atoms with Crippen LogP contribution in [-0.4, -0.2) is 18.5 Å². The highest BCUT2D eigenvalue weighted by molar-refractivity contribution is 5.81. The Balaban J connectivity index is 3.50. The zero-order valence-corrected chi connectivity index (χ0v) is 8.38. The molecule has 0 radical (unpaired) electrons. The molecule has 0 heterocycles. The Labute approximate surface area is 80.4 Å². The molecule has 0 aromatic carbocycles. The number of hydrogen-bond donors (Lipinski definition) is 2. The molecule has 1 unspecified atom stereocenters. The maximum Gasteiger partial charge on any atom is 0.236 e. The Morgan fingerprint density at radius 3 is 2.92 bits per heavy atom. The molecular formula is C10H20N2O. The summed E-state index contributed by atoms with van der Waals surface area (Å²) in [4.78, 5) is 11.3. The second kappa shape index (κ2) is 7.80. The van der Waals surface area contributed by atoms with Crippen molar-refractivity contribution in [2.24, 2.45) is 5.73 Å². The van der Waals surface area contributed by atoms with Crippen molar-refractivity contribution >= 4 is 5.91 Å². The largest absolute Gasteiger partial charge is 0.354 e. The predicted octanol–water partition coefficient (Wildman–Crippen LogP) is 1.20. The van der Waals surface area contributed by atoms with Crippen molar-refractivity contribution in [3.05, 3.63) is 12.7 Å². The number of carbonyl (C=O) groups is 1. The zero-order valence-electron chi connectivity index (χ0n) is 8.38. The highest BCUT2D eigenvalue weighted by Gasteiger charge is 2.10. The van der Waals surface area contributed by atoms with Gasteiger partial charge in [-0.15, -0.1) is 6.58 Å². The lowest BCUT2D eigenvalue weighted by atomic mass is 10.1. The molecule has 0 fully saturated rings. The summed E-state index contributed by atoms with van der Waals surface area (Å²) in [5.41, 5.74) is 5.65. The van der Waals surface area contributed by atoms with Gasteiger partial charge in [-0.1, -0.05) is 25.8 Å². The van der Waals surface area contributed by atoms with Gasteiger partial charge in [0.15, 0.2) is 0 Å². The predicted molar refractivity (Wildman–Crippen MR) is 55.3 cm³/mol. The summed E-state index contributed by atoms with van der Waals surface area (Å²) in [7, 11) is 0. The van der Waals surface area contributed by atoms with E-state index in [0.29, 0.717) is 6.54 Å². The fourth-order valence-electron chi connectivity index (χ4n) is 0.984. The van der Waals surface area contributed by atoms with E-state index >= 15 is 0 Å². The summed E-state index contributed by atoms with van der Waals surface area (Å²) >= 11 is 0. The second-order valence-corrected chi connectivity index (χ2v) is 3.12. The summed E-state index contributed by atoms with van der Waals surface area (Å²) in [6.45, 7) is 6.30. The Morgan fingerprint density at radius 2 is 2.38 bits per heavy atom. The Morgan fingerprint density at radius 1 is 1.69 bits per heavy atom. The van der Waals surface area contributed by atoms with Crippen LogP contribution in [0, 0.1) is 0 Å². The highest BCUT2D eigenvalue weighted by atomic mass is 16.2. The van der Waals surface area contributed by atoms with Crippen molar-refractivity contribution in [2.75, 3.05) is 6.54 Å². The number of rotatable bonds is 7. The molecule has 76 valence electrons. The van der Waals surface area contributed by atoms with E-state index in [1.54, 1.807) is 6.08 Å². The monoisotopic (exact) mass is 184 g/mol. The second-order valence-electron chi connectivity index (χ2n) is 3.12. The molecular weight excluding hydrogens is 164 g/mol. The quantitative estimate of drug-likeness (QED) is 0.461. The first-order chi connectivity index (χ1) is 6.22. The number of amides is 1. The van der Waals surface area contributed by atoms with Gasteiger partial charge >= 0.3 is 0 Å². The third-order valence-electron chi connectivity index (χ3n) is 1.85. The summed E-state index contributed by atoms with van der Waals surface area (Å²) in [6, 6.07) is -0.343. The molecule has 0 aromatic heterocycles. The fraction of sp³-hybridized carbons (Fsp3) is 0.700. The molecule has 1 atom stereocenters. The van der Waals surface area contributed by atoms with Crippen molar-refractivity contribution in [3.63, 3.8) is 0 Å². The van der Waals surface area contributed by atoms with Crippen LogP contribution in [0.4, 0.5) is 0 Å². The van der Waals surface area contributed by atoms with Gasteiger partial charge in [0.25, 0.3) is 0 Å². The Hall–Kier alpha value is -0.830. The molecule has 0 aromatic rings. The summed E-state index contributed by atoms with van der Waals surface area (Å²) in [5, 5.41) is 2.76. The standard InChI is InChI=1S/C10H20N2O/c1-3-5-7-9(11)10(13)12-8-6-4-2/h4,9H,2-3,5-8,11H2,1H3,(H,12,13). The van der Waals surface area contributed by atoms with E-state index in [1.807, 2.05) is 0 Å². The summed E-state index contributed by atoms with van der Waals surface area (Å²) in [6.07, 6.45) is 5.43. The number of nitrogens with one attached hydrogen (secondary N) is 1. The number of carbonyl (C=O) groups excluding carboxylic acids is 1. The Kier molecular flexibility index (Phi) is 7.30. The van der Waals surface area contributed by atoms with Gasteiger partial charge in [0.05, 0.1) is 6.04 Å². The number of hydrogen-bond acceptors (Lipinski definition) is 2. The first kappa shape index (κ1) is 12.2. The SMILES string of the molecule is C=CCCNC(=O)C(N)CCCC. The molecule has 0 aliphatic heterocycles. The molecule has 0 rings (SSSR count). The molecule has 1 amide bonds. The average molecular weight is 184 g/mol. The molecule has 0 aliphatic rings. The first-order valence-corrected chi connectivity index (χ1v) is 4.86. The van der Waals surface area contributed by atoms with E-state index < -0.39 is 0 Å². The van der Waals surface area contributed by atoms with E-state index in [4.69, 9.17) is 5.73 Å². The third kappa shape index (κ3) is 6.34. The molecule has 0 saturated carbocycles. The molecule has 0 saturated heterocycles. The van der Waals surface area contributed by atoms with Crippen LogP contribution in [-0.2, 0) is 4.79 Å². The number of nitrogens with two attached hydrogens (primary N) is 1. The van der Waals surface area contributed by atoms with Gasteiger partial charge in [-0.05, 0) is 12.8 Å². The van der Waals surface area contributed by atoms with Crippen LogP contribution in [0.3, 0.4) is 0 Å². The average Bonchev–Trinajstić information content (AvgIpc) is 2.14. The summed E-state index contributed by atoms with van der Waals surface area (Å²) in [5.74, 6) is -0.0460. The molecule has 3 heteroatoms. The number of unbranched alkanes of at least 4 members (excludes halogenated alkanes) is 1. The first-order valence-electron chi connectivity index (χ1n) is 4.86. The minimum atomic E-state index is -0.343. The van der Waals surface area contributed by atoms with Gasteiger partial charge in [-0.25, -0.2) is 0 Å². The lowest BCUT2D eigenvalue weighted by molar-refractivity contribution is -0.122. The van der Waals surface area contributed by atoms with Gasteiger partial charge in [-0.3, -0.25) is 4.79 Å². The van der Waals surface area contributed by atoms with E-state index in [2.05, 4.69) is 18.8 Å². The van der Waals surface area contributed by atoms with Gasteiger partial charge < -0.3 is 11.1 Å². The van der Waals surface area contributed by atoms with Crippen molar-refractivity contribution in [3.8, 4) is 0 Å². The highest BCUT2D eigenvalue weighted by Crippen LogP contribution is 1.97. The van der Waals surface area contributed by atoms with E-state index in [1.165, 1.54) is 0 Å². The molecule has 13 heavy (non-hydrogen) atoms. The van der Waals surface area contributed by atoms with Gasteiger partial charge in [0.2, 0.25) is 5.91 Å². The maximum absolute atomic E-state index is 11.3. The van der Waals surface area contributed by atoms with E-state index in [-0.39, 0.29) is 11.9 Å². The summed E-state index contributed by atoms with van der Waals surface area (Å²) < 4.78 is 0. The van der Waals surface area contributed by atoms with Crippen molar-refractivity contribution < 1.29 is 4.79 Å².